The number of amides is 2. The second kappa shape index (κ2) is 5.60. The molecule has 0 aromatic rings. The number of rotatable bonds is 3. The maximum atomic E-state index is 12.4. The van der Waals surface area contributed by atoms with Crippen LogP contribution in [0.2, 0.25) is 0 Å². The van der Waals surface area contributed by atoms with Gasteiger partial charge in [0.25, 0.3) is 0 Å². The summed E-state index contributed by atoms with van der Waals surface area (Å²) < 4.78 is 5.33. The second-order valence-electron chi connectivity index (χ2n) is 6.32. The van der Waals surface area contributed by atoms with Gasteiger partial charge in [0, 0.05) is 12.6 Å². The van der Waals surface area contributed by atoms with E-state index in [1.807, 2.05) is 11.8 Å². The van der Waals surface area contributed by atoms with E-state index in [-0.39, 0.29) is 18.7 Å². The minimum atomic E-state index is -0.977. The number of ether oxygens (including phenoxy) is 1. The number of likely N-dealkylation sites (tertiary alicyclic amines) is 2. The Morgan fingerprint density at radius 3 is 2.60 bits per heavy atom. The van der Waals surface area contributed by atoms with Crippen molar-refractivity contribution in [1.29, 1.82) is 0 Å². The molecule has 2 unspecified atom stereocenters. The molecule has 2 atom stereocenters. The number of carbonyl (C=O) groups excluding carboxylic acids is 1. The first kappa shape index (κ1) is 15.1. The van der Waals surface area contributed by atoms with Crippen molar-refractivity contribution in [3.05, 3.63) is 0 Å². The standard InChI is InChI=1S/C14H24N2O4/c1-10-5-4-6-16(11(10)2)13(19)15-8-14(3,9-15)20-7-12(17)18/h10-11H,4-9H2,1-3H3,(H,17,18). The zero-order chi connectivity index (χ0) is 14.9. The summed E-state index contributed by atoms with van der Waals surface area (Å²) in [6, 6.07) is 0.323. The fourth-order valence-corrected chi connectivity index (χ4v) is 3.01. The lowest BCUT2D eigenvalue weighted by molar-refractivity contribution is -0.160. The van der Waals surface area contributed by atoms with Crippen molar-refractivity contribution >= 4 is 12.0 Å². The molecule has 0 aliphatic carbocycles. The first-order chi connectivity index (χ1) is 9.32. The first-order valence-electron chi connectivity index (χ1n) is 7.24. The average molecular weight is 284 g/mol. The van der Waals surface area contributed by atoms with Gasteiger partial charge in [-0.25, -0.2) is 9.59 Å². The molecule has 2 heterocycles. The Hall–Kier alpha value is -1.30. The fraction of sp³-hybridized carbons (Fsp3) is 0.857. The molecule has 0 radical (unpaired) electrons. The van der Waals surface area contributed by atoms with Gasteiger partial charge in [-0.3, -0.25) is 0 Å². The number of carbonyl (C=O) groups is 2. The van der Waals surface area contributed by atoms with Crippen molar-refractivity contribution in [3.63, 3.8) is 0 Å². The van der Waals surface area contributed by atoms with Crippen LogP contribution in [0.1, 0.15) is 33.6 Å². The highest BCUT2D eigenvalue weighted by molar-refractivity contribution is 5.76. The normalized spacial score (nSPS) is 28.9. The van der Waals surface area contributed by atoms with Crippen molar-refractivity contribution in [3.8, 4) is 0 Å². The number of hydrogen-bond acceptors (Lipinski definition) is 3. The predicted octanol–water partition coefficient (Wildman–Crippen LogP) is 1.40. The third-order valence-electron chi connectivity index (χ3n) is 4.48. The van der Waals surface area contributed by atoms with Crippen LogP contribution in [0.25, 0.3) is 0 Å². The summed E-state index contributed by atoms with van der Waals surface area (Å²) in [6.07, 6.45) is 2.22. The Morgan fingerprint density at radius 2 is 2.00 bits per heavy atom. The van der Waals surface area contributed by atoms with Crippen LogP contribution in [-0.4, -0.2) is 64.8 Å². The topological polar surface area (TPSA) is 70.1 Å². The Kier molecular flexibility index (Phi) is 4.22. The molecule has 6 nitrogen and oxygen atoms in total. The number of aliphatic carboxylic acids is 1. The lowest BCUT2D eigenvalue weighted by Crippen LogP contribution is -2.67. The van der Waals surface area contributed by atoms with E-state index in [1.54, 1.807) is 4.90 Å². The zero-order valence-electron chi connectivity index (χ0n) is 12.5. The molecule has 6 heteroatoms. The Labute approximate surface area is 119 Å². The van der Waals surface area contributed by atoms with Gasteiger partial charge in [-0.1, -0.05) is 6.92 Å². The van der Waals surface area contributed by atoms with E-state index in [2.05, 4.69) is 13.8 Å². The summed E-state index contributed by atoms with van der Waals surface area (Å²) in [4.78, 5) is 26.6. The van der Waals surface area contributed by atoms with Gasteiger partial charge in [0.2, 0.25) is 0 Å². The van der Waals surface area contributed by atoms with E-state index in [0.29, 0.717) is 19.0 Å². The molecule has 2 aliphatic rings. The molecule has 0 aromatic carbocycles. The molecule has 2 fully saturated rings. The van der Waals surface area contributed by atoms with Crippen molar-refractivity contribution in [2.75, 3.05) is 26.2 Å². The van der Waals surface area contributed by atoms with E-state index in [9.17, 15) is 9.59 Å². The average Bonchev–Trinajstić information content (AvgIpc) is 2.35. The molecule has 2 amide bonds. The van der Waals surface area contributed by atoms with Crippen LogP contribution in [0.15, 0.2) is 0 Å². The Balaban J connectivity index is 1.85. The third kappa shape index (κ3) is 3.06. The van der Waals surface area contributed by atoms with E-state index < -0.39 is 11.6 Å². The van der Waals surface area contributed by atoms with Crippen LogP contribution in [0.4, 0.5) is 4.79 Å². The van der Waals surface area contributed by atoms with Crippen LogP contribution in [-0.2, 0) is 9.53 Å². The van der Waals surface area contributed by atoms with Crippen molar-refractivity contribution in [2.45, 2.75) is 45.3 Å². The number of carboxylic acid groups (broad SMARTS) is 1. The van der Waals surface area contributed by atoms with Gasteiger partial charge in [-0.2, -0.15) is 0 Å². The van der Waals surface area contributed by atoms with Gasteiger partial charge in [-0.05, 0) is 32.6 Å². The van der Waals surface area contributed by atoms with Crippen molar-refractivity contribution in [2.24, 2.45) is 5.92 Å². The molecular formula is C14H24N2O4. The highest BCUT2D eigenvalue weighted by Crippen LogP contribution is 2.29. The maximum Gasteiger partial charge on any atom is 0.329 e. The van der Waals surface area contributed by atoms with Gasteiger partial charge < -0.3 is 19.6 Å². The highest BCUT2D eigenvalue weighted by Gasteiger charge is 2.45. The molecule has 0 bridgehead atoms. The highest BCUT2D eigenvalue weighted by atomic mass is 16.5. The minimum Gasteiger partial charge on any atom is -0.480 e. The lowest BCUT2D eigenvalue weighted by Gasteiger charge is -2.50. The van der Waals surface area contributed by atoms with Gasteiger partial charge in [-0.15, -0.1) is 0 Å². The Morgan fingerprint density at radius 1 is 1.35 bits per heavy atom. The number of piperidine rings is 1. The molecule has 0 spiro atoms. The quantitative estimate of drug-likeness (QED) is 0.850. The second-order valence-corrected chi connectivity index (χ2v) is 6.32. The zero-order valence-corrected chi connectivity index (χ0v) is 12.5. The van der Waals surface area contributed by atoms with Crippen LogP contribution < -0.4 is 0 Å². The largest absolute Gasteiger partial charge is 0.480 e. The predicted molar refractivity (Wildman–Crippen MR) is 73.5 cm³/mol. The number of hydrogen-bond donors (Lipinski definition) is 1. The smallest absolute Gasteiger partial charge is 0.329 e. The van der Waals surface area contributed by atoms with Crippen LogP contribution in [0, 0.1) is 5.92 Å². The monoisotopic (exact) mass is 284 g/mol. The van der Waals surface area contributed by atoms with Gasteiger partial charge in [0.05, 0.1) is 13.1 Å². The molecule has 2 rings (SSSR count). The lowest BCUT2D eigenvalue weighted by atomic mass is 9.91. The molecule has 2 aliphatic heterocycles. The Bertz CT molecular complexity index is 393. The van der Waals surface area contributed by atoms with E-state index >= 15 is 0 Å². The van der Waals surface area contributed by atoms with E-state index in [4.69, 9.17) is 9.84 Å². The molecule has 0 saturated carbocycles. The van der Waals surface area contributed by atoms with Gasteiger partial charge in [0.1, 0.15) is 12.2 Å². The minimum absolute atomic E-state index is 0.0560. The van der Waals surface area contributed by atoms with Crippen molar-refractivity contribution in [1.82, 2.24) is 9.80 Å². The molecular weight excluding hydrogens is 260 g/mol. The molecule has 0 aromatic heterocycles. The molecule has 20 heavy (non-hydrogen) atoms. The fourth-order valence-electron chi connectivity index (χ4n) is 3.01. The molecule has 1 N–H and O–H groups in total. The molecule has 114 valence electrons. The maximum absolute atomic E-state index is 12.4. The van der Waals surface area contributed by atoms with Crippen molar-refractivity contribution < 1.29 is 19.4 Å². The van der Waals surface area contributed by atoms with E-state index in [0.717, 1.165) is 13.0 Å². The number of carboxylic acids is 1. The van der Waals surface area contributed by atoms with Gasteiger partial charge in [0.15, 0.2) is 0 Å². The van der Waals surface area contributed by atoms with Gasteiger partial charge >= 0.3 is 12.0 Å². The molecule has 2 saturated heterocycles. The van der Waals surface area contributed by atoms with Crippen LogP contribution in [0.3, 0.4) is 0 Å². The summed E-state index contributed by atoms with van der Waals surface area (Å²) in [5.41, 5.74) is -0.515. The summed E-state index contributed by atoms with van der Waals surface area (Å²) in [5.74, 6) is -0.446. The summed E-state index contributed by atoms with van der Waals surface area (Å²) in [5, 5.41) is 8.63. The van der Waals surface area contributed by atoms with Crippen LogP contribution >= 0.6 is 0 Å². The summed E-state index contributed by atoms with van der Waals surface area (Å²) >= 11 is 0. The summed E-state index contributed by atoms with van der Waals surface area (Å²) in [7, 11) is 0. The first-order valence-corrected chi connectivity index (χ1v) is 7.24. The SMILES string of the molecule is CC1CCCN(C(=O)N2CC(C)(OCC(=O)O)C2)C1C. The van der Waals surface area contributed by atoms with E-state index in [1.165, 1.54) is 6.42 Å². The third-order valence-corrected chi connectivity index (χ3v) is 4.48. The summed E-state index contributed by atoms with van der Waals surface area (Å²) in [6.45, 7) is 7.57. The number of urea groups is 1. The number of nitrogens with zero attached hydrogens (tertiary/aromatic N) is 2. The van der Waals surface area contributed by atoms with Crippen LogP contribution in [0.5, 0.6) is 0 Å².